The van der Waals surface area contributed by atoms with Crippen molar-refractivity contribution in [3.05, 3.63) is 47.5 Å². The predicted molar refractivity (Wildman–Crippen MR) is 92.9 cm³/mol. The van der Waals surface area contributed by atoms with Gasteiger partial charge in [-0.25, -0.2) is 4.98 Å². The molecule has 1 aliphatic rings. The summed E-state index contributed by atoms with van der Waals surface area (Å²) in [6.45, 7) is 0. The number of carbonyl (C=O) groups is 2. The van der Waals surface area contributed by atoms with E-state index < -0.39 is 5.91 Å². The van der Waals surface area contributed by atoms with Crippen LogP contribution in [0.3, 0.4) is 0 Å². The average molecular weight is 353 g/mol. The van der Waals surface area contributed by atoms with E-state index in [1.807, 2.05) is 6.07 Å². The fourth-order valence-corrected chi connectivity index (χ4v) is 3.13. The summed E-state index contributed by atoms with van der Waals surface area (Å²) in [5.41, 5.74) is 2.23. The van der Waals surface area contributed by atoms with E-state index in [9.17, 15) is 9.59 Å². The van der Waals surface area contributed by atoms with E-state index in [2.05, 4.69) is 15.3 Å². The lowest BCUT2D eigenvalue weighted by Crippen LogP contribution is -2.17. The number of carbonyl (C=O) groups excluding carboxylic acids is 2. The minimum atomic E-state index is -0.423. The maximum Gasteiger partial charge on any atom is 0.290 e. The lowest BCUT2D eigenvalue weighted by Gasteiger charge is -2.03. The number of aromatic nitrogens is 2. The molecule has 0 unspecified atom stereocenters. The Labute approximate surface area is 146 Å². The second-order valence-corrected chi connectivity index (χ2v) is 6.21. The first-order valence-corrected chi connectivity index (χ1v) is 8.08. The molecule has 3 aromatic rings. The van der Waals surface area contributed by atoms with Crippen LogP contribution in [-0.4, -0.2) is 28.2 Å². The zero-order valence-electron chi connectivity index (χ0n) is 13.0. The minimum Gasteiger partial charge on any atom is -0.481 e. The highest BCUT2D eigenvalue weighted by Crippen LogP contribution is 2.32. The molecule has 2 amide bonds. The average Bonchev–Trinajstić information content (AvgIpc) is 3.17. The zero-order chi connectivity index (χ0) is 17.4. The molecule has 0 radical (unpaired) electrons. The molecule has 1 saturated heterocycles. The number of fused-ring (bicyclic) bond motifs is 1. The first kappa shape index (κ1) is 15.4. The first-order valence-electron chi connectivity index (χ1n) is 7.27. The second kappa shape index (κ2) is 6.06. The van der Waals surface area contributed by atoms with Gasteiger partial charge < -0.3 is 9.15 Å². The monoisotopic (exact) mass is 353 g/mol. The van der Waals surface area contributed by atoms with E-state index in [1.54, 1.807) is 43.9 Å². The van der Waals surface area contributed by atoms with Gasteiger partial charge in [0.15, 0.2) is 0 Å². The van der Waals surface area contributed by atoms with Crippen molar-refractivity contribution in [2.75, 3.05) is 7.11 Å². The number of rotatable bonds is 3. The van der Waals surface area contributed by atoms with Crippen molar-refractivity contribution < 1.29 is 18.7 Å². The molecule has 0 atom stereocenters. The van der Waals surface area contributed by atoms with Gasteiger partial charge in [-0.3, -0.25) is 19.9 Å². The fraction of sp³-hybridized carbons (Fsp3) is 0.0588. The maximum atomic E-state index is 11.7. The van der Waals surface area contributed by atoms with E-state index in [0.717, 1.165) is 28.3 Å². The summed E-state index contributed by atoms with van der Waals surface area (Å²) >= 11 is 0.845. The van der Waals surface area contributed by atoms with Crippen molar-refractivity contribution in [2.24, 2.45) is 0 Å². The Morgan fingerprint density at radius 1 is 1.24 bits per heavy atom. The van der Waals surface area contributed by atoms with E-state index in [-0.39, 0.29) is 5.24 Å². The molecule has 8 heteroatoms. The standard InChI is InChI=1S/C17H11N3O4S/c1-23-14-3-2-9(7-19-14)12-8-18-6-10-4-11(24-15(10)12)5-13-16(21)20-17(22)25-13/h2-8H,1H3,(H,20,21,22)/b13-5-. The van der Waals surface area contributed by atoms with Crippen molar-refractivity contribution in [2.45, 2.75) is 0 Å². The zero-order valence-corrected chi connectivity index (χ0v) is 13.8. The molecule has 0 aliphatic carbocycles. The topological polar surface area (TPSA) is 94.3 Å². The smallest absolute Gasteiger partial charge is 0.290 e. The number of thioether (sulfide) groups is 1. The Morgan fingerprint density at radius 3 is 2.80 bits per heavy atom. The number of imide groups is 1. The van der Waals surface area contributed by atoms with Crippen molar-refractivity contribution >= 4 is 40.0 Å². The number of hydrogen-bond acceptors (Lipinski definition) is 7. The van der Waals surface area contributed by atoms with Crippen molar-refractivity contribution in [3.63, 3.8) is 0 Å². The normalized spacial score (nSPS) is 15.8. The van der Waals surface area contributed by atoms with Crippen molar-refractivity contribution in [3.8, 4) is 17.0 Å². The quantitative estimate of drug-likeness (QED) is 0.722. The molecule has 7 nitrogen and oxygen atoms in total. The number of ether oxygens (including phenoxy) is 1. The van der Waals surface area contributed by atoms with Gasteiger partial charge in [0, 0.05) is 47.2 Å². The highest BCUT2D eigenvalue weighted by molar-refractivity contribution is 8.18. The Hall–Kier alpha value is -3.13. The molecule has 0 saturated carbocycles. The van der Waals surface area contributed by atoms with Crippen LogP contribution in [0.25, 0.3) is 28.2 Å². The summed E-state index contributed by atoms with van der Waals surface area (Å²) in [5, 5.41) is 2.61. The van der Waals surface area contributed by atoms with Crippen molar-refractivity contribution in [1.82, 2.24) is 15.3 Å². The number of pyridine rings is 2. The van der Waals surface area contributed by atoms with Crippen LogP contribution >= 0.6 is 11.8 Å². The molecular formula is C17H11N3O4S. The van der Waals surface area contributed by atoms with Crippen LogP contribution in [0.4, 0.5) is 4.79 Å². The Bertz CT molecular complexity index is 1020. The van der Waals surface area contributed by atoms with Crippen LogP contribution in [0.15, 0.2) is 46.1 Å². The lowest BCUT2D eigenvalue weighted by molar-refractivity contribution is -0.115. The summed E-state index contributed by atoms with van der Waals surface area (Å²) < 4.78 is 10.9. The molecule has 124 valence electrons. The summed E-state index contributed by atoms with van der Waals surface area (Å²) in [6.07, 6.45) is 6.58. The summed E-state index contributed by atoms with van der Waals surface area (Å²) in [6, 6.07) is 5.39. The van der Waals surface area contributed by atoms with Gasteiger partial charge in [0.1, 0.15) is 11.3 Å². The van der Waals surface area contributed by atoms with Gasteiger partial charge in [0.2, 0.25) is 5.88 Å². The molecule has 0 spiro atoms. The molecule has 0 aromatic carbocycles. The minimum absolute atomic E-state index is 0.296. The molecule has 1 fully saturated rings. The van der Waals surface area contributed by atoms with Gasteiger partial charge in [-0.15, -0.1) is 0 Å². The summed E-state index contributed by atoms with van der Waals surface area (Å²) in [5.74, 6) is 0.564. The maximum absolute atomic E-state index is 11.7. The van der Waals surface area contributed by atoms with Gasteiger partial charge in [0.05, 0.1) is 12.0 Å². The van der Waals surface area contributed by atoms with Crippen molar-refractivity contribution in [1.29, 1.82) is 0 Å². The SMILES string of the molecule is COc1ccc(-c2cncc3cc(/C=C4\SC(=O)NC4=O)oc23)cn1. The number of amides is 2. The van der Waals surface area contributed by atoms with Crippen LogP contribution < -0.4 is 10.1 Å². The van der Waals surface area contributed by atoms with Crippen LogP contribution in [0, 0.1) is 0 Å². The number of hydrogen-bond donors (Lipinski definition) is 1. The number of nitrogens with zero attached hydrogens (tertiary/aromatic N) is 2. The fourth-order valence-electron chi connectivity index (χ4n) is 2.47. The van der Waals surface area contributed by atoms with Gasteiger partial charge in [-0.05, 0) is 23.9 Å². The van der Waals surface area contributed by atoms with E-state index >= 15 is 0 Å². The van der Waals surface area contributed by atoms with Crippen LogP contribution in [0.5, 0.6) is 5.88 Å². The van der Waals surface area contributed by atoms with E-state index in [1.165, 1.54) is 0 Å². The number of methoxy groups -OCH3 is 1. The molecule has 25 heavy (non-hydrogen) atoms. The van der Waals surface area contributed by atoms with Gasteiger partial charge >= 0.3 is 0 Å². The molecular weight excluding hydrogens is 342 g/mol. The third-order valence-electron chi connectivity index (χ3n) is 3.61. The Kier molecular flexibility index (Phi) is 3.73. The first-order chi connectivity index (χ1) is 12.1. The number of nitrogens with one attached hydrogen (secondary N) is 1. The van der Waals surface area contributed by atoms with Crippen LogP contribution in [0.2, 0.25) is 0 Å². The predicted octanol–water partition coefficient (Wildman–Crippen LogP) is 3.22. The van der Waals surface area contributed by atoms with Crippen LogP contribution in [-0.2, 0) is 4.79 Å². The molecule has 0 bridgehead atoms. The van der Waals surface area contributed by atoms with Gasteiger partial charge in [-0.2, -0.15) is 0 Å². The summed E-state index contributed by atoms with van der Waals surface area (Å²) in [7, 11) is 1.55. The largest absolute Gasteiger partial charge is 0.481 e. The number of furan rings is 1. The Morgan fingerprint density at radius 2 is 2.12 bits per heavy atom. The third kappa shape index (κ3) is 2.87. The van der Waals surface area contributed by atoms with Gasteiger partial charge in [0.25, 0.3) is 11.1 Å². The lowest BCUT2D eigenvalue weighted by atomic mass is 10.1. The van der Waals surface area contributed by atoms with E-state index in [4.69, 9.17) is 9.15 Å². The third-order valence-corrected chi connectivity index (χ3v) is 4.42. The molecule has 4 rings (SSSR count). The second-order valence-electron chi connectivity index (χ2n) is 5.20. The summed E-state index contributed by atoms with van der Waals surface area (Å²) in [4.78, 5) is 31.6. The highest BCUT2D eigenvalue weighted by atomic mass is 32.2. The molecule has 1 aliphatic heterocycles. The highest BCUT2D eigenvalue weighted by Gasteiger charge is 2.25. The van der Waals surface area contributed by atoms with Crippen LogP contribution in [0.1, 0.15) is 5.76 Å². The Balaban J connectivity index is 1.77. The van der Waals surface area contributed by atoms with Gasteiger partial charge in [-0.1, -0.05) is 0 Å². The molecule has 4 heterocycles. The van der Waals surface area contributed by atoms with E-state index in [0.29, 0.717) is 22.1 Å². The molecule has 1 N–H and O–H groups in total. The molecule has 3 aromatic heterocycles.